The lowest BCUT2D eigenvalue weighted by Crippen LogP contribution is -2.45. The molecule has 0 aliphatic carbocycles. The number of hydrogen-bond acceptors (Lipinski definition) is 5. The molecular weight excluding hydrogens is 610 g/mol. The first-order valence-electron chi connectivity index (χ1n) is 14.8. The quantitative estimate of drug-likeness (QED) is 0.242. The molecule has 0 saturated carbocycles. The molecule has 1 saturated heterocycles. The molecule has 0 N–H and O–H groups in total. The van der Waals surface area contributed by atoms with E-state index in [0.29, 0.717) is 18.0 Å². The number of piperazine rings is 1. The minimum absolute atomic E-state index is 0.0630. The monoisotopic (exact) mass is 650 g/mol. The zero-order chi connectivity index (χ0) is 34.4. The minimum atomic E-state index is -4.89. The maximum absolute atomic E-state index is 12.7. The maximum atomic E-state index is 12.7. The van der Waals surface area contributed by atoms with Gasteiger partial charge < -0.3 is 19.4 Å². The molecule has 2 heterocycles. The van der Waals surface area contributed by atoms with Gasteiger partial charge in [-0.3, -0.25) is 4.79 Å². The summed E-state index contributed by atoms with van der Waals surface area (Å²) >= 11 is 0. The predicted molar refractivity (Wildman–Crippen MR) is 168 cm³/mol. The van der Waals surface area contributed by atoms with E-state index < -0.39 is 29.4 Å². The van der Waals surface area contributed by atoms with E-state index in [-0.39, 0.29) is 24.7 Å². The van der Waals surface area contributed by atoms with Crippen LogP contribution in [0, 0.1) is 13.8 Å². The number of rotatable bonds is 7. The van der Waals surface area contributed by atoms with Crippen molar-refractivity contribution in [3.05, 3.63) is 88.6 Å². The van der Waals surface area contributed by atoms with Crippen molar-refractivity contribution in [2.75, 3.05) is 44.7 Å². The molecule has 3 aromatic rings. The van der Waals surface area contributed by atoms with Crippen molar-refractivity contribution < 1.29 is 35.9 Å². The van der Waals surface area contributed by atoms with Crippen molar-refractivity contribution in [3.8, 4) is 17.0 Å². The zero-order valence-electron chi connectivity index (χ0n) is 26.9. The van der Waals surface area contributed by atoms with Crippen LogP contribution < -0.4 is 9.64 Å². The number of carbonyl (C=O) groups excluding carboxylic acids is 1. The first-order valence-corrected chi connectivity index (χ1v) is 14.8. The highest BCUT2D eigenvalue weighted by Crippen LogP contribution is 2.37. The third-order valence-electron chi connectivity index (χ3n) is 7.83. The molecule has 1 aliphatic heterocycles. The third kappa shape index (κ3) is 9.17. The summed E-state index contributed by atoms with van der Waals surface area (Å²) in [6, 6.07) is 12.0. The van der Waals surface area contributed by atoms with Gasteiger partial charge in [-0.1, -0.05) is 30.8 Å². The van der Waals surface area contributed by atoms with Crippen LogP contribution in [0.3, 0.4) is 0 Å². The molecule has 1 aromatic heterocycles. The van der Waals surface area contributed by atoms with Crippen LogP contribution in [0.5, 0.6) is 5.88 Å². The second-order valence-corrected chi connectivity index (χ2v) is 11.1. The molecule has 0 radical (unpaired) electrons. The molecule has 6 nitrogen and oxygen atoms in total. The van der Waals surface area contributed by atoms with Crippen molar-refractivity contribution in [1.82, 2.24) is 14.8 Å². The number of amides is 1. The number of pyridine rings is 1. The van der Waals surface area contributed by atoms with Crippen LogP contribution in [-0.2, 0) is 23.7 Å². The first-order chi connectivity index (χ1) is 21.5. The van der Waals surface area contributed by atoms with E-state index in [4.69, 9.17) is 9.72 Å². The van der Waals surface area contributed by atoms with E-state index in [1.807, 2.05) is 0 Å². The number of ether oxygens (including phenoxy) is 1. The summed E-state index contributed by atoms with van der Waals surface area (Å²) in [4.78, 5) is 21.8. The molecule has 46 heavy (non-hydrogen) atoms. The van der Waals surface area contributed by atoms with Gasteiger partial charge in [0.2, 0.25) is 11.8 Å². The molecule has 4 rings (SSSR count). The molecule has 0 unspecified atom stereocenters. The largest absolute Gasteiger partial charge is 0.481 e. The lowest BCUT2D eigenvalue weighted by Gasteiger charge is -2.37. The van der Waals surface area contributed by atoms with Crippen molar-refractivity contribution in [2.24, 2.45) is 0 Å². The van der Waals surface area contributed by atoms with Crippen molar-refractivity contribution in [1.29, 1.82) is 0 Å². The SMILES string of the molecule is C=C(C)N1CCN(c2cc(-c3ccccc3C)c(C)c(OC)n2)CC1.CCN(Cc1cc(C(F)(F)F)cc(C(F)(F)F)c1)C(C)=O. The van der Waals surface area contributed by atoms with Crippen LogP contribution in [0.15, 0.2) is 60.8 Å². The van der Waals surface area contributed by atoms with Crippen LogP contribution in [0.1, 0.15) is 48.6 Å². The molecule has 12 heteroatoms. The van der Waals surface area contributed by atoms with Gasteiger partial charge in [-0.2, -0.15) is 31.3 Å². The van der Waals surface area contributed by atoms with Crippen LogP contribution in [0.4, 0.5) is 32.2 Å². The lowest BCUT2D eigenvalue weighted by atomic mass is 9.97. The van der Waals surface area contributed by atoms with E-state index >= 15 is 0 Å². The molecule has 250 valence electrons. The second kappa shape index (κ2) is 14.9. The number of methoxy groups -OCH3 is 1. The average Bonchev–Trinajstić information content (AvgIpc) is 2.99. The normalized spacial score (nSPS) is 13.6. The zero-order valence-corrected chi connectivity index (χ0v) is 26.9. The summed E-state index contributed by atoms with van der Waals surface area (Å²) in [5.74, 6) is 1.27. The maximum Gasteiger partial charge on any atom is 0.416 e. The Kier molecular flexibility index (Phi) is 11.8. The first kappa shape index (κ1) is 36.3. The number of hydrogen-bond donors (Lipinski definition) is 0. The van der Waals surface area contributed by atoms with Crippen LogP contribution in [0.25, 0.3) is 11.1 Å². The van der Waals surface area contributed by atoms with E-state index in [1.54, 1.807) is 14.0 Å². The smallest absolute Gasteiger partial charge is 0.416 e. The highest BCUT2D eigenvalue weighted by Gasteiger charge is 2.37. The predicted octanol–water partition coefficient (Wildman–Crippen LogP) is 8.12. The highest BCUT2D eigenvalue weighted by atomic mass is 19.4. The minimum Gasteiger partial charge on any atom is -0.481 e. The Bertz CT molecular complexity index is 1500. The van der Waals surface area contributed by atoms with Gasteiger partial charge in [-0.25, -0.2) is 0 Å². The van der Waals surface area contributed by atoms with E-state index in [1.165, 1.54) is 23.6 Å². The number of nitrogens with zero attached hydrogens (tertiary/aromatic N) is 4. The van der Waals surface area contributed by atoms with Gasteiger partial charge in [0.15, 0.2) is 0 Å². The summed E-state index contributed by atoms with van der Waals surface area (Å²) in [6.45, 7) is 16.9. The Balaban J connectivity index is 0.000000255. The Morgan fingerprint density at radius 1 is 0.913 bits per heavy atom. The molecule has 0 bridgehead atoms. The molecule has 1 fully saturated rings. The number of aryl methyl sites for hydroxylation is 1. The Morgan fingerprint density at radius 3 is 1.93 bits per heavy atom. The Morgan fingerprint density at radius 2 is 1.48 bits per heavy atom. The van der Waals surface area contributed by atoms with Gasteiger partial charge in [0.05, 0.1) is 18.2 Å². The van der Waals surface area contributed by atoms with Gasteiger partial charge in [0.1, 0.15) is 5.82 Å². The molecule has 1 aliphatic rings. The molecule has 0 spiro atoms. The van der Waals surface area contributed by atoms with Gasteiger partial charge in [0, 0.05) is 57.5 Å². The van der Waals surface area contributed by atoms with E-state index in [9.17, 15) is 31.1 Å². The van der Waals surface area contributed by atoms with Gasteiger partial charge in [-0.15, -0.1) is 0 Å². The number of anilines is 1. The molecule has 1 amide bonds. The third-order valence-corrected chi connectivity index (χ3v) is 7.83. The fraction of sp³-hybridized carbons (Fsp3) is 0.412. The molecular formula is C34H40F6N4O2. The Hall–Kier alpha value is -4.22. The van der Waals surface area contributed by atoms with Crippen molar-refractivity contribution >= 4 is 11.7 Å². The molecule has 0 atom stereocenters. The van der Waals surface area contributed by atoms with Gasteiger partial charge >= 0.3 is 12.4 Å². The Labute approximate surface area is 266 Å². The second-order valence-electron chi connectivity index (χ2n) is 11.1. The van der Waals surface area contributed by atoms with Crippen molar-refractivity contribution in [3.63, 3.8) is 0 Å². The summed E-state index contributed by atoms with van der Waals surface area (Å²) in [6.07, 6.45) is -9.77. The number of alkyl halides is 6. The topological polar surface area (TPSA) is 48.9 Å². The van der Waals surface area contributed by atoms with E-state index in [2.05, 4.69) is 67.5 Å². The number of benzene rings is 2. The number of allylic oxidation sites excluding steroid dienone is 1. The fourth-order valence-corrected chi connectivity index (χ4v) is 5.18. The van der Waals surface area contributed by atoms with Crippen LogP contribution in [0.2, 0.25) is 0 Å². The number of halogens is 6. The van der Waals surface area contributed by atoms with Crippen LogP contribution in [-0.4, -0.2) is 60.5 Å². The summed E-state index contributed by atoms with van der Waals surface area (Å²) < 4.78 is 81.6. The summed E-state index contributed by atoms with van der Waals surface area (Å²) in [5, 5.41) is 0. The standard InChI is InChI=1S/C21H27N3O.C13H13F6NO/c1-15(2)23-10-12-24(13-11-23)20-14-19(17(4)21(22-20)25-5)18-9-7-6-8-16(18)3;1-3-20(8(2)21)7-9-4-10(12(14,15)16)6-11(5-9)13(17,18)19/h6-9,14H,1,10-13H2,2-5H3;4-6H,3,7H2,1-2H3. The highest BCUT2D eigenvalue weighted by molar-refractivity contribution is 5.75. The number of aromatic nitrogens is 1. The number of carbonyl (C=O) groups is 1. The van der Waals surface area contributed by atoms with E-state index in [0.717, 1.165) is 48.2 Å². The summed E-state index contributed by atoms with van der Waals surface area (Å²) in [7, 11) is 1.69. The fourth-order valence-electron chi connectivity index (χ4n) is 5.18. The molecule has 2 aromatic carbocycles. The van der Waals surface area contributed by atoms with Gasteiger partial charge in [-0.05, 0) is 74.2 Å². The van der Waals surface area contributed by atoms with Crippen molar-refractivity contribution in [2.45, 2.75) is 53.5 Å². The van der Waals surface area contributed by atoms with Crippen LogP contribution >= 0.6 is 0 Å². The summed E-state index contributed by atoms with van der Waals surface area (Å²) in [5.41, 5.74) is 2.94. The van der Waals surface area contributed by atoms with Gasteiger partial charge in [0.25, 0.3) is 0 Å². The lowest BCUT2D eigenvalue weighted by molar-refractivity contribution is -0.143. The average molecular weight is 651 g/mol.